The van der Waals surface area contributed by atoms with Gasteiger partial charge in [0.15, 0.2) is 0 Å². The molecule has 168 valence electrons. The van der Waals surface area contributed by atoms with Gasteiger partial charge < -0.3 is 9.47 Å². The van der Waals surface area contributed by atoms with Gasteiger partial charge in [-0.1, -0.05) is 24.3 Å². The van der Waals surface area contributed by atoms with Crippen LogP contribution in [0.15, 0.2) is 24.3 Å². The van der Waals surface area contributed by atoms with Crippen LogP contribution in [-0.4, -0.2) is 24.2 Å². The van der Waals surface area contributed by atoms with Crippen LogP contribution in [0.4, 0.5) is 0 Å². The smallest absolute Gasteiger partial charge is 0.310 e. The molecule has 7 rings (SSSR count). The standard InChI is InChI=1S/C26H34O5/c1-2-28-24(27)16-17-3-5-20(6-4-17)21-7-9-25(10-8-21)29-26(31-30-25)22-12-18-11-19(14-22)15-23(26)13-18/h3-6,18-19,21-23H,2,7-16H2,1H3. The lowest BCUT2D eigenvalue weighted by Crippen LogP contribution is -2.59. The maximum Gasteiger partial charge on any atom is 0.310 e. The van der Waals surface area contributed by atoms with E-state index in [1.54, 1.807) is 0 Å². The molecule has 1 aromatic rings. The van der Waals surface area contributed by atoms with E-state index in [4.69, 9.17) is 19.2 Å². The zero-order valence-corrected chi connectivity index (χ0v) is 18.5. The molecule has 1 saturated heterocycles. The number of rotatable bonds is 4. The first kappa shape index (κ1) is 20.2. The highest BCUT2D eigenvalue weighted by Crippen LogP contribution is 2.64. The first-order chi connectivity index (χ1) is 15.1. The van der Waals surface area contributed by atoms with Crippen molar-refractivity contribution in [1.29, 1.82) is 0 Å². The Hall–Kier alpha value is -1.43. The van der Waals surface area contributed by atoms with Crippen LogP contribution in [0.1, 0.15) is 81.8 Å². The van der Waals surface area contributed by atoms with E-state index in [-0.39, 0.29) is 5.97 Å². The summed E-state index contributed by atoms with van der Waals surface area (Å²) in [6.45, 7) is 2.27. The minimum absolute atomic E-state index is 0.163. The minimum atomic E-state index is -0.546. The highest BCUT2D eigenvalue weighted by molar-refractivity contribution is 5.72. The zero-order chi connectivity index (χ0) is 21.1. The van der Waals surface area contributed by atoms with Crippen LogP contribution in [0.25, 0.3) is 0 Å². The van der Waals surface area contributed by atoms with Gasteiger partial charge in [0.05, 0.1) is 13.0 Å². The van der Waals surface area contributed by atoms with Crippen LogP contribution < -0.4 is 0 Å². The molecule has 0 radical (unpaired) electrons. The molecule has 5 nitrogen and oxygen atoms in total. The fourth-order valence-electron chi connectivity index (χ4n) is 7.47. The SMILES string of the molecule is CCOC(=O)Cc1ccc(C2CCC3(CC2)OOC2(O3)C3CC4CC(C3)CC2C4)cc1. The Kier molecular flexibility index (Phi) is 4.93. The topological polar surface area (TPSA) is 54.0 Å². The molecule has 6 fully saturated rings. The van der Waals surface area contributed by atoms with Gasteiger partial charge in [-0.3, -0.25) is 4.79 Å². The summed E-state index contributed by atoms with van der Waals surface area (Å²) in [4.78, 5) is 23.9. The molecule has 1 aromatic carbocycles. The maximum atomic E-state index is 11.7. The lowest BCUT2D eigenvalue weighted by molar-refractivity contribution is -0.390. The summed E-state index contributed by atoms with van der Waals surface area (Å²) in [5, 5.41) is 0. The first-order valence-electron chi connectivity index (χ1n) is 12.4. The van der Waals surface area contributed by atoms with Crippen LogP contribution in [0.3, 0.4) is 0 Å². The van der Waals surface area contributed by atoms with E-state index in [9.17, 15) is 4.79 Å². The van der Waals surface area contributed by atoms with Crippen molar-refractivity contribution in [2.75, 3.05) is 6.61 Å². The quantitative estimate of drug-likeness (QED) is 0.484. The first-order valence-corrected chi connectivity index (χ1v) is 12.4. The monoisotopic (exact) mass is 426 g/mol. The predicted molar refractivity (Wildman–Crippen MR) is 114 cm³/mol. The van der Waals surface area contributed by atoms with E-state index < -0.39 is 11.6 Å². The predicted octanol–water partition coefficient (Wildman–Crippen LogP) is 5.28. The Labute approximate surface area is 184 Å². The molecular formula is C26H34O5. The fourth-order valence-corrected chi connectivity index (χ4v) is 7.47. The molecule has 31 heavy (non-hydrogen) atoms. The molecular weight excluding hydrogens is 392 g/mol. The summed E-state index contributed by atoms with van der Waals surface area (Å²) < 4.78 is 11.9. The van der Waals surface area contributed by atoms with Crippen LogP contribution in [0.5, 0.6) is 0 Å². The van der Waals surface area contributed by atoms with Gasteiger partial charge in [0.1, 0.15) is 0 Å². The number of hydrogen-bond acceptors (Lipinski definition) is 5. The van der Waals surface area contributed by atoms with Crippen LogP contribution in [-0.2, 0) is 30.5 Å². The fraction of sp³-hybridized carbons (Fsp3) is 0.731. The summed E-state index contributed by atoms with van der Waals surface area (Å²) in [5.41, 5.74) is 2.35. The second-order valence-corrected chi connectivity index (χ2v) is 10.7. The molecule has 0 atom stereocenters. The van der Waals surface area contributed by atoms with E-state index in [0.717, 1.165) is 43.1 Å². The third-order valence-electron chi connectivity index (χ3n) is 8.80. The third-order valence-corrected chi connectivity index (χ3v) is 8.80. The summed E-state index contributed by atoms with van der Waals surface area (Å²) in [6, 6.07) is 8.46. The highest BCUT2D eigenvalue weighted by atomic mass is 17.3. The average molecular weight is 427 g/mol. The van der Waals surface area contributed by atoms with E-state index in [0.29, 0.717) is 30.8 Å². The third kappa shape index (κ3) is 3.44. The average Bonchev–Trinajstić information content (AvgIpc) is 3.13. The van der Waals surface area contributed by atoms with Crippen molar-refractivity contribution < 1.29 is 24.0 Å². The van der Waals surface area contributed by atoms with Crippen molar-refractivity contribution >= 4 is 5.97 Å². The van der Waals surface area contributed by atoms with Crippen LogP contribution >= 0.6 is 0 Å². The number of carbonyl (C=O) groups is 1. The van der Waals surface area contributed by atoms with Gasteiger partial charge in [0.2, 0.25) is 11.6 Å². The number of benzene rings is 1. The van der Waals surface area contributed by atoms with Crippen molar-refractivity contribution in [1.82, 2.24) is 0 Å². The molecule has 0 aromatic heterocycles. The molecule has 0 N–H and O–H groups in total. The molecule has 5 heteroatoms. The zero-order valence-electron chi connectivity index (χ0n) is 18.5. The Morgan fingerprint density at radius 2 is 1.61 bits per heavy atom. The van der Waals surface area contributed by atoms with Crippen molar-refractivity contribution in [2.24, 2.45) is 23.7 Å². The molecule has 2 spiro atoms. The van der Waals surface area contributed by atoms with Crippen molar-refractivity contribution in [3.63, 3.8) is 0 Å². The second kappa shape index (κ2) is 7.57. The van der Waals surface area contributed by atoms with Gasteiger partial charge in [-0.05, 0) is 80.8 Å². The number of esters is 1. The van der Waals surface area contributed by atoms with Crippen molar-refractivity contribution in [3.05, 3.63) is 35.4 Å². The summed E-state index contributed by atoms with van der Waals surface area (Å²) in [5.74, 6) is 2.15. The molecule has 5 saturated carbocycles. The lowest BCUT2D eigenvalue weighted by atomic mass is 9.53. The van der Waals surface area contributed by atoms with Crippen LogP contribution in [0, 0.1) is 23.7 Å². The Morgan fingerprint density at radius 3 is 2.23 bits per heavy atom. The number of hydrogen-bond donors (Lipinski definition) is 0. The van der Waals surface area contributed by atoms with E-state index in [1.807, 2.05) is 6.92 Å². The Bertz CT molecular complexity index is 795. The van der Waals surface area contributed by atoms with Crippen molar-refractivity contribution in [2.45, 2.75) is 88.6 Å². The van der Waals surface area contributed by atoms with E-state index in [1.165, 1.54) is 37.7 Å². The number of carbonyl (C=O) groups excluding carboxylic acids is 1. The molecule has 1 heterocycles. The largest absolute Gasteiger partial charge is 0.466 e. The van der Waals surface area contributed by atoms with E-state index >= 15 is 0 Å². The minimum Gasteiger partial charge on any atom is -0.466 e. The lowest BCUT2D eigenvalue weighted by Gasteiger charge is -2.57. The van der Waals surface area contributed by atoms with E-state index in [2.05, 4.69) is 24.3 Å². The highest BCUT2D eigenvalue weighted by Gasteiger charge is 2.66. The van der Waals surface area contributed by atoms with Gasteiger partial charge in [-0.25, -0.2) is 0 Å². The summed E-state index contributed by atoms with van der Waals surface area (Å²) >= 11 is 0. The molecule has 1 aliphatic heterocycles. The second-order valence-electron chi connectivity index (χ2n) is 10.7. The van der Waals surface area contributed by atoms with Gasteiger partial charge >= 0.3 is 5.97 Å². The molecule has 4 bridgehead atoms. The van der Waals surface area contributed by atoms with Gasteiger partial charge in [-0.15, -0.1) is 0 Å². The Balaban J connectivity index is 1.09. The number of ether oxygens (including phenoxy) is 2. The molecule has 0 amide bonds. The van der Waals surface area contributed by atoms with Gasteiger partial charge in [-0.2, -0.15) is 9.78 Å². The van der Waals surface area contributed by atoms with Crippen LogP contribution in [0.2, 0.25) is 0 Å². The van der Waals surface area contributed by atoms with Gasteiger partial charge in [0.25, 0.3) is 0 Å². The van der Waals surface area contributed by atoms with Crippen molar-refractivity contribution in [3.8, 4) is 0 Å². The maximum absolute atomic E-state index is 11.7. The molecule has 0 unspecified atom stereocenters. The Morgan fingerprint density at radius 1 is 0.968 bits per heavy atom. The normalized spacial score (nSPS) is 43.1. The molecule has 5 aliphatic carbocycles. The van der Waals surface area contributed by atoms with Gasteiger partial charge in [0, 0.05) is 24.7 Å². The summed E-state index contributed by atoms with van der Waals surface area (Å²) in [7, 11) is 0. The summed E-state index contributed by atoms with van der Waals surface area (Å²) in [6.07, 6.45) is 10.6. The molecule has 6 aliphatic rings.